The van der Waals surface area contributed by atoms with Crippen molar-refractivity contribution in [2.24, 2.45) is 11.8 Å². The number of hydrogen-bond donors (Lipinski definition) is 3. The molecule has 0 spiro atoms. The number of halogens is 2. The zero-order valence-electron chi connectivity index (χ0n) is 24.0. The van der Waals surface area contributed by atoms with Gasteiger partial charge in [0.25, 0.3) is 0 Å². The van der Waals surface area contributed by atoms with Crippen molar-refractivity contribution < 1.29 is 28.0 Å². The fraction of sp³-hybridized carbons (Fsp3) is 0.419. The largest absolute Gasteiger partial charge is 0.347 e. The highest BCUT2D eigenvalue weighted by Crippen LogP contribution is 2.39. The molecule has 0 saturated carbocycles. The lowest BCUT2D eigenvalue weighted by molar-refractivity contribution is -0.134. The van der Waals surface area contributed by atoms with Crippen LogP contribution in [0.25, 0.3) is 0 Å². The van der Waals surface area contributed by atoms with Gasteiger partial charge in [-0.3, -0.25) is 29.2 Å². The Balaban J connectivity index is 1.32. The molecule has 0 saturated heterocycles. The number of hydrogen-bond acceptors (Lipinski definition) is 6. The van der Waals surface area contributed by atoms with E-state index in [2.05, 4.69) is 25.8 Å². The smallest absolute Gasteiger partial charge is 0.250 e. The molecule has 2 aromatic carbocycles. The van der Waals surface area contributed by atoms with E-state index in [9.17, 15) is 28.0 Å². The molecule has 3 aromatic rings. The van der Waals surface area contributed by atoms with Crippen LogP contribution in [0.4, 0.5) is 14.5 Å². The number of para-hydroxylation sites is 1. The van der Waals surface area contributed by atoms with Gasteiger partial charge in [0.15, 0.2) is 11.6 Å². The Morgan fingerprint density at radius 3 is 2.65 bits per heavy atom. The lowest BCUT2D eigenvalue weighted by atomic mass is 9.85. The first kappa shape index (κ1) is 30.0. The second-order valence-electron chi connectivity index (χ2n) is 11.2. The molecule has 0 aliphatic carbocycles. The van der Waals surface area contributed by atoms with Crippen LogP contribution in [0, 0.1) is 23.5 Å². The first-order valence-corrected chi connectivity index (χ1v) is 14.5. The number of nitrogens with one attached hydrogen (secondary N) is 3. The number of H-pyrrole nitrogens is 1. The number of carbonyl (C=O) groups is 4. The van der Waals surface area contributed by atoms with E-state index in [1.54, 1.807) is 0 Å². The van der Waals surface area contributed by atoms with Gasteiger partial charge in [0.05, 0.1) is 12.2 Å². The fourth-order valence-electron chi connectivity index (χ4n) is 5.91. The van der Waals surface area contributed by atoms with E-state index < -0.39 is 47.2 Å². The molecular formula is C31H34F2N6O4. The van der Waals surface area contributed by atoms with E-state index >= 15 is 0 Å². The Labute approximate surface area is 247 Å². The predicted octanol–water partition coefficient (Wildman–Crippen LogP) is 2.95. The minimum atomic E-state index is -1.08. The summed E-state index contributed by atoms with van der Waals surface area (Å²) in [5.74, 6) is -4.25. The van der Waals surface area contributed by atoms with E-state index in [4.69, 9.17) is 0 Å². The maximum atomic E-state index is 14.2. The summed E-state index contributed by atoms with van der Waals surface area (Å²) in [6.07, 6.45) is 2.56. The van der Waals surface area contributed by atoms with Gasteiger partial charge < -0.3 is 10.6 Å². The third kappa shape index (κ3) is 6.32. The van der Waals surface area contributed by atoms with Crippen molar-refractivity contribution in [1.29, 1.82) is 0 Å². The van der Waals surface area contributed by atoms with Gasteiger partial charge in [-0.15, -0.1) is 0 Å². The zero-order chi connectivity index (χ0) is 30.7. The Bertz CT molecular complexity index is 1530. The summed E-state index contributed by atoms with van der Waals surface area (Å²) in [7, 11) is 0. The van der Waals surface area contributed by atoms with E-state index in [1.807, 2.05) is 32.0 Å². The van der Waals surface area contributed by atoms with Gasteiger partial charge in [-0.2, -0.15) is 5.10 Å². The summed E-state index contributed by atoms with van der Waals surface area (Å²) >= 11 is 0. The number of ketones is 1. The number of rotatable bonds is 11. The number of Topliss-reactive ketones (excluding diaryl/α,β-unsaturated/α-hetero) is 1. The van der Waals surface area contributed by atoms with Gasteiger partial charge in [-0.05, 0) is 41.5 Å². The molecule has 43 heavy (non-hydrogen) atoms. The Hall–Kier alpha value is -4.48. The first-order chi connectivity index (χ1) is 20.7. The topological polar surface area (TPSA) is 137 Å². The molecule has 0 bridgehead atoms. The highest BCUT2D eigenvalue weighted by molar-refractivity contribution is 6.08. The zero-order valence-corrected chi connectivity index (χ0v) is 24.0. The van der Waals surface area contributed by atoms with Gasteiger partial charge in [0.1, 0.15) is 30.0 Å². The molecule has 2 aliphatic heterocycles. The molecule has 10 nitrogen and oxygen atoms in total. The van der Waals surface area contributed by atoms with E-state index in [-0.39, 0.29) is 36.8 Å². The van der Waals surface area contributed by atoms with Crippen LogP contribution >= 0.6 is 0 Å². The van der Waals surface area contributed by atoms with Crippen molar-refractivity contribution in [1.82, 2.24) is 25.8 Å². The summed E-state index contributed by atoms with van der Waals surface area (Å²) < 4.78 is 27.8. The number of amides is 3. The van der Waals surface area contributed by atoms with Crippen molar-refractivity contribution in [3.05, 3.63) is 76.9 Å². The quantitative estimate of drug-likeness (QED) is 0.313. The summed E-state index contributed by atoms with van der Waals surface area (Å²) in [4.78, 5) is 59.4. The number of benzene rings is 2. The van der Waals surface area contributed by atoms with Crippen LogP contribution in [0.3, 0.4) is 0 Å². The van der Waals surface area contributed by atoms with Crippen LogP contribution in [0.5, 0.6) is 0 Å². The van der Waals surface area contributed by atoms with Crippen LogP contribution < -0.4 is 15.5 Å². The Kier molecular flexibility index (Phi) is 8.93. The van der Waals surface area contributed by atoms with E-state index in [0.29, 0.717) is 37.2 Å². The normalized spacial score (nSPS) is 18.9. The van der Waals surface area contributed by atoms with Gasteiger partial charge >= 0.3 is 0 Å². The van der Waals surface area contributed by atoms with Crippen molar-refractivity contribution in [3.8, 4) is 0 Å². The standard InChI is InChI=1S/C31H34F2N6O4/c1-3-17(2)22(14-21(40)12-19-7-5-9-23(32)27(19)33)29(41)37-24-11-10-18-6-4-8-20-13-25(39(28(18)20)31(24)43)30(42)34-15-26-35-16-36-38-26/h4-9,16-17,22,24-25H,3,10-15H2,1-2H3,(H,34,42)(H,37,41)(H,35,36,38)/t17-,22-,24-,25-/m0/s1. The van der Waals surface area contributed by atoms with Gasteiger partial charge in [-0.1, -0.05) is 50.6 Å². The highest BCUT2D eigenvalue weighted by Gasteiger charge is 2.44. The number of aromatic amines is 1. The third-order valence-electron chi connectivity index (χ3n) is 8.46. The van der Waals surface area contributed by atoms with Crippen molar-refractivity contribution in [3.63, 3.8) is 0 Å². The van der Waals surface area contributed by atoms with Gasteiger partial charge in [0, 0.05) is 25.2 Å². The Morgan fingerprint density at radius 1 is 1.14 bits per heavy atom. The molecule has 3 N–H and O–H groups in total. The van der Waals surface area contributed by atoms with Gasteiger partial charge in [-0.25, -0.2) is 13.8 Å². The molecule has 226 valence electrons. The van der Waals surface area contributed by atoms with Gasteiger partial charge in [0.2, 0.25) is 17.7 Å². The van der Waals surface area contributed by atoms with Crippen molar-refractivity contribution in [2.75, 3.05) is 4.90 Å². The summed E-state index contributed by atoms with van der Waals surface area (Å²) in [5.41, 5.74) is 2.43. The maximum Gasteiger partial charge on any atom is 0.250 e. The second-order valence-corrected chi connectivity index (χ2v) is 11.2. The van der Waals surface area contributed by atoms with E-state index in [0.717, 1.165) is 17.2 Å². The number of nitrogens with zero attached hydrogens (tertiary/aromatic N) is 3. The Morgan fingerprint density at radius 2 is 1.91 bits per heavy atom. The number of carbonyl (C=O) groups excluding carboxylic acids is 4. The summed E-state index contributed by atoms with van der Waals surface area (Å²) in [6, 6.07) is 7.65. The SMILES string of the molecule is CC[C@H](C)[C@H](CC(=O)Cc1cccc(F)c1F)C(=O)N[C@H]1CCc2cccc3c2N(C1=O)[C@H](C(=O)NCc1ncn[nH]1)C3. The fourth-order valence-corrected chi connectivity index (χ4v) is 5.91. The van der Waals surface area contributed by atoms with Crippen molar-refractivity contribution >= 4 is 29.2 Å². The minimum absolute atomic E-state index is 0.0671. The second kappa shape index (κ2) is 12.8. The molecule has 5 rings (SSSR count). The monoisotopic (exact) mass is 592 g/mol. The van der Waals surface area contributed by atoms with Crippen molar-refractivity contribution in [2.45, 2.75) is 71.0 Å². The van der Waals surface area contributed by atoms with E-state index in [1.165, 1.54) is 23.4 Å². The molecule has 12 heteroatoms. The number of aromatic nitrogens is 3. The first-order valence-electron chi connectivity index (χ1n) is 14.5. The van der Waals surface area contributed by atoms with Crippen LogP contribution in [0.1, 0.15) is 55.6 Å². The lowest BCUT2D eigenvalue weighted by Crippen LogP contribution is -2.55. The molecule has 3 heterocycles. The van der Waals surface area contributed by atoms with Crippen LogP contribution in [-0.2, 0) is 45.0 Å². The third-order valence-corrected chi connectivity index (χ3v) is 8.46. The minimum Gasteiger partial charge on any atom is -0.347 e. The summed E-state index contributed by atoms with van der Waals surface area (Å²) in [5, 5.41) is 12.2. The molecule has 2 aliphatic rings. The number of anilines is 1. The molecule has 3 amide bonds. The average Bonchev–Trinajstić information content (AvgIpc) is 3.64. The predicted molar refractivity (Wildman–Crippen MR) is 153 cm³/mol. The molecule has 0 fully saturated rings. The molecular weight excluding hydrogens is 558 g/mol. The van der Waals surface area contributed by atoms with Crippen LogP contribution in [-0.4, -0.2) is 50.8 Å². The maximum absolute atomic E-state index is 14.2. The average molecular weight is 593 g/mol. The summed E-state index contributed by atoms with van der Waals surface area (Å²) in [6.45, 7) is 3.85. The lowest BCUT2D eigenvalue weighted by Gasteiger charge is -2.29. The van der Waals surface area contributed by atoms with Crippen LogP contribution in [0.15, 0.2) is 42.7 Å². The molecule has 0 unspecified atom stereocenters. The van der Waals surface area contributed by atoms with Crippen LogP contribution in [0.2, 0.25) is 0 Å². The molecule has 0 radical (unpaired) electrons. The molecule has 1 aromatic heterocycles. The highest BCUT2D eigenvalue weighted by atomic mass is 19.2. The molecule has 4 atom stereocenters. The number of aryl methyl sites for hydroxylation is 1.